The second-order valence-corrected chi connectivity index (χ2v) is 4.32. The monoisotopic (exact) mass is 278 g/mol. The Morgan fingerprint density at radius 1 is 1.40 bits per heavy atom. The van der Waals surface area contributed by atoms with Gasteiger partial charge in [-0.05, 0) is 31.0 Å². The van der Waals surface area contributed by atoms with Crippen LogP contribution in [0.3, 0.4) is 0 Å². The predicted octanol–water partition coefficient (Wildman–Crippen LogP) is 1.27. The third-order valence-electron chi connectivity index (χ3n) is 2.95. The molecule has 0 aromatic heterocycles. The number of halogens is 1. The molecule has 0 radical (unpaired) electrons. The zero-order valence-corrected chi connectivity index (χ0v) is 10.3. The first kappa shape index (κ1) is 14.0. The fraction of sp³-hybridized carbons (Fsp3) is 0.308. The van der Waals surface area contributed by atoms with Gasteiger partial charge in [0.15, 0.2) is 6.10 Å². The fourth-order valence-electron chi connectivity index (χ4n) is 1.94. The summed E-state index contributed by atoms with van der Waals surface area (Å²) in [6, 6.07) is 5.17. The molecule has 1 aliphatic rings. The summed E-state index contributed by atoms with van der Waals surface area (Å²) in [6.07, 6.45) is -1.34. The summed E-state index contributed by atoms with van der Waals surface area (Å²) in [6.45, 7) is 0. The van der Waals surface area contributed by atoms with E-state index in [1.54, 1.807) is 6.07 Å². The average molecular weight is 278 g/mol. The minimum Gasteiger partial charge on any atom is -0.479 e. The molecule has 2 atom stereocenters. The highest BCUT2D eigenvalue weighted by Gasteiger charge is 2.34. The molecule has 7 heteroatoms. The highest BCUT2D eigenvalue weighted by atomic mass is 19.1. The topological polar surface area (TPSA) is 99.4 Å². The maximum Gasteiger partial charge on any atom is 0.332 e. The smallest absolute Gasteiger partial charge is 0.332 e. The Kier molecular flexibility index (Phi) is 3.96. The molecule has 6 nitrogen and oxygen atoms in total. The van der Waals surface area contributed by atoms with Crippen molar-refractivity contribution in [3.63, 3.8) is 0 Å². The van der Waals surface area contributed by atoms with Gasteiger partial charge in [0.2, 0.25) is 0 Å². The first-order chi connectivity index (χ1) is 9.51. The van der Waals surface area contributed by atoms with Crippen molar-refractivity contribution in [1.29, 1.82) is 5.26 Å². The highest BCUT2D eigenvalue weighted by molar-refractivity contribution is 5.95. The second kappa shape index (κ2) is 5.67. The van der Waals surface area contributed by atoms with Crippen molar-refractivity contribution in [3.8, 4) is 6.07 Å². The molecule has 104 valence electrons. The van der Waals surface area contributed by atoms with Crippen molar-refractivity contribution in [3.05, 3.63) is 29.6 Å². The van der Waals surface area contributed by atoms with Crippen LogP contribution < -0.4 is 5.32 Å². The number of carboxylic acid groups (broad SMARTS) is 1. The van der Waals surface area contributed by atoms with E-state index in [0.717, 1.165) is 12.1 Å². The lowest BCUT2D eigenvalue weighted by molar-refractivity contribution is -0.150. The van der Waals surface area contributed by atoms with Crippen molar-refractivity contribution in [2.75, 3.05) is 5.32 Å². The zero-order valence-electron chi connectivity index (χ0n) is 10.3. The lowest BCUT2D eigenvalue weighted by Gasteiger charge is -2.12. The van der Waals surface area contributed by atoms with Crippen LogP contribution >= 0.6 is 0 Å². The summed E-state index contributed by atoms with van der Waals surface area (Å²) in [7, 11) is 0. The number of carbonyl (C=O) groups is 2. The van der Waals surface area contributed by atoms with Gasteiger partial charge in [-0.15, -0.1) is 0 Å². The van der Waals surface area contributed by atoms with E-state index in [1.165, 1.54) is 6.07 Å². The molecule has 1 saturated heterocycles. The number of rotatable bonds is 3. The molecule has 1 aromatic rings. The van der Waals surface area contributed by atoms with Crippen molar-refractivity contribution < 1.29 is 23.8 Å². The largest absolute Gasteiger partial charge is 0.479 e. The standard InChI is InChI=1S/C13H11FN2O4/c14-8-1-2-9(7(5-8)6-15)16-12(17)10-3-4-11(20-10)13(18)19/h1-2,5,10-11H,3-4H2,(H,16,17)(H,18,19)/t10-,11+/m0/s1. The number of nitrogens with one attached hydrogen (secondary N) is 1. The number of aliphatic carboxylic acids is 1. The van der Waals surface area contributed by atoms with E-state index < -0.39 is 29.9 Å². The lowest BCUT2D eigenvalue weighted by Crippen LogP contribution is -2.30. The van der Waals surface area contributed by atoms with E-state index in [0.29, 0.717) is 0 Å². The fourth-order valence-corrected chi connectivity index (χ4v) is 1.94. The van der Waals surface area contributed by atoms with Crippen LogP contribution in [0.4, 0.5) is 10.1 Å². The Morgan fingerprint density at radius 3 is 2.70 bits per heavy atom. The number of anilines is 1. The van der Waals surface area contributed by atoms with Gasteiger partial charge in [0.05, 0.1) is 11.3 Å². The van der Waals surface area contributed by atoms with E-state index in [9.17, 15) is 14.0 Å². The van der Waals surface area contributed by atoms with E-state index in [1.807, 2.05) is 0 Å². The van der Waals surface area contributed by atoms with Gasteiger partial charge in [0, 0.05) is 0 Å². The van der Waals surface area contributed by atoms with Crippen LogP contribution in [0.2, 0.25) is 0 Å². The summed E-state index contributed by atoms with van der Waals surface area (Å²) < 4.78 is 18.0. The van der Waals surface area contributed by atoms with Gasteiger partial charge < -0.3 is 15.2 Å². The molecule has 0 saturated carbocycles. The molecule has 0 unspecified atom stereocenters. The van der Waals surface area contributed by atoms with Crippen LogP contribution in [0, 0.1) is 17.1 Å². The van der Waals surface area contributed by atoms with E-state index in [-0.39, 0.29) is 24.1 Å². The van der Waals surface area contributed by atoms with Crippen molar-refractivity contribution >= 4 is 17.6 Å². The summed E-state index contributed by atoms with van der Waals surface area (Å²) in [4.78, 5) is 22.6. The van der Waals surface area contributed by atoms with Gasteiger partial charge in [-0.3, -0.25) is 4.79 Å². The number of hydrogen-bond donors (Lipinski definition) is 2. The molecule has 1 aromatic carbocycles. The molecule has 2 N–H and O–H groups in total. The maximum atomic E-state index is 13.0. The molecule has 0 aliphatic carbocycles. The third-order valence-corrected chi connectivity index (χ3v) is 2.95. The number of carbonyl (C=O) groups excluding carboxylic acids is 1. The average Bonchev–Trinajstić information content (AvgIpc) is 2.90. The van der Waals surface area contributed by atoms with Crippen LogP contribution in [-0.4, -0.2) is 29.2 Å². The molecule has 0 spiro atoms. The Balaban J connectivity index is 2.06. The molecular formula is C13H11FN2O4. The summed E-state index contributed by atoms with van der Waals surface area (Å²) in [5.74, 6) is -2.24. The van der Waals surface area contributed by atoms with Crippen LogP contribution in [0.15, 0.2) is 18.2 Å². The number of ether oxygens (including phenoxy) is 1. The number of amides is 1. The minimum atomic E-state index is -1.11. The van der Waals surface area contributed by atoms with Crippen molar-refractivity contribution in [2.24, 2.45) is 0 Å². The zero-order chi connectivity index (χ0) is 14.7. The molecule has 2 rings (SSSR count). The number of nitriles is 1. The quantitative estimate of drug-likeness (QED) is 0.867. The number of carboxylic acids is 1. The molecule has 1 amide bonds. The maximum absolute atomic E-state index is 13.0. The lowest BCUT2D eigenvalue weighted by atomic mass is 10.1. The van der Waals surface area contributed by atoms with Gasteiger partial charge in [-0.1, -0.05) is 0 Å². The molecule has 1 heterocycles. The van der Waals surface area contributed by atoms with Gasteiger partial charge in [0.25, 0.3) is 5.91 Å². The minimum absolute atomic E-state index is 0.00821. The first-order valence-electron chi connectivity index (χ1n) is 5.90. The molecule has 1 fully saturated rings. The molecular weight excluding hydrogens is 267 g/mol. The summed E-state index contributed by atoms with van der Waals surface area (Å²) >= 11 is 0. The third kappa shape index (κ3) is 2.92. The normalized spacial score (nSPS) is 21.2. The Hall–Kier alpha value is -2.46. The number of benzene rings is 1. The van der Waals surface area contributed by atoms with Gasteiger partial charge in [-0.25, -0.2) is 9.18 Å². The van der Waals surface area contributed by atoms with Gasteiger partial charge in [-0.2, -0.15) is 5.26 Å². The van der Waals surface area contributed by atoms with Crippen LogP contribution in [-0.2, 0) is 14.3 Å². The number of hydrogen-bond acceptors (Lipinski definition) is 4. The van der Waals surface area contributed by atoms with E-state index in [4.69, 9.17) is 15.1 Å². The Morgan fingerprint density at radius 2 is 2.10 bits per heavy atom. The van der Waals surface area contributed by atoms with Crippen LogP contribution in [0.5, 0.6) is 0 Å². The first-order valence-corrected chi connectivity index (χ1v) is 5.90. The molecule has 20 heavy (non-hydrogen) atoms. The van der Waals surface area contributed by atoms with Gasteiger partial charge in [0.1, 0.15) is 18.0 Å². The second-order valence-electron chi connectivity index (χ2n) is 4.32. The molecule has 1 aliphatic heterocycles. The Bertz CT molecular complexity index is 597. The SMILES string of the molecule is N#Cc1cc(F)ccc1NC(=O)[C@@H]1CC[C@H](C(=O)O)O1. The molecule has 0 bridgehead atoms. The van der Waals surface area contributed by atoms with Crippen molar-refractivity contribution in [1.82, 2.24) is 0 Å². The summed E-state index contributed by atoms with van der Waals surface area (Å²) in [5, 5.41) is 20.1. The van der Waals surface area contributed by atoms with Gasteiger partial charge >= 0.3 is 5.97 Å². The van der Waals surface area contributed by atoms with Crippen molar-refractivity contribution in [2.45, 2.75) is 25.0 Å². The van der Waals surface area contributed by atoms with Crippen LogP contribution in [0.25, 0.3) is 0 Å². The Labute approximate surface area is 113 Å². The number of nitrogens with zero attached hydrogens (tertiary/aromatic N) is 1. The van der Waals surface area contributed by atoms with Crippen LogP contribution in [0.1, 0.15) is 18.4 Å². The summed E-state index contributed by atoms with van der Waals surface area (Å²) in [5.41, 5.74) is 0.160. The highest BCUT2D eigenvalue weighted by Crippen LogP contribution is 2.22. The predicted molar refractivity (Wildman–Crippen MR) is 65.3 cm³/mol. The van der Waals surface area contributed by atoms with E-state index in [2.05, 4.69) is 5.32 Å². The van der Waals surface area contributed by atoms with E-state index >= 15 is 0 Å².